The van der Waals surface area contributed by atoms with E-state index in [0.29, 0.717) is 0 Å². The van der Waals surface area contributed by atoms with Gasteiger partial charge >= 0.3 is 0 Å². The number of rotatable bonds is 4. The Labute approximate surface area is 112 Å². The summed E-state index contributed by atoms with van der Waals surface area (Å²) in [5.74, 6) is 0.872. The van der Waals surface area contributed by atoms with E-state index < -0.39 is 0 Å². The molecule has 2 rings (SSSR count). The van der Waals surface area contributed by atoms with Gasteiger partial charge in [0.15, 0.2) is 0 Å². The summed E-state index contributed by atoms with van der Waals surface area (Å²) in [4.78, 5) is 5.60. The van der Waals surface area contributed by atoms with E-state index in [0.717, 1.165) is 22.9 Å². The van der Waals surface area contributed by atoms with Crippen LogP contribution in [0.3, 0.4) is 0 Å². The average molecular weight is 262 g/mol. The van der Waals surface area contributed by atoms with Gasteiger partial charge in [0.2, 0.25) is 0 Å². The Balaban J connectivity index is 2.15. The first-order valence-electron chi connectivity index (χ1n) is 5.92. The Bertz CT molecular complexity index is 536. The third-order valence-corrected chi connectivity index (χ3v) is 4.07. The molecule has 2 N–H and O–H groups in total. The molecule has 0 fully saturated rings. The lowest BCUT2D eigenvalue weighted by molar-refractivity contribution is 0.414. The topological polar surface area (TPSA) is 48.1 Å². The van der Waals surface area contributed by atoms with Gasteiger partial charge in [-0.05, 0) is 38.0 Å². The fourth-order valence-electron chi connectivity index (χ4n) is 2.04. The Morgan fingerprint density at radius 3 is 2.78 bits per heavy atom. The second-order valence-electron chi connectivity index (χ2n) is 4.34. The first-order valence-corrected chi connectivity index (χ1v) is 6.74. The normalized spacial score (nSPS) is 12.4. The van der Waals surface area contributed by atoms with E-state index in [4.69, 9.17) is 10.5 Å². The maximum atomic E-state index is 6.26. The fourth-order valence-corrected chi connectivity index (χ4v) is 2.97. The van der Waals surface area contributed by atoms with E-state index in [1.807, 2.05) is 32.0 Å². The number of hydrogen-bond donors (Lipinski definition) is 1. The Morgan fingerprint density at radius 2 is 2.17 bits per heavy atom. The Kier molecular flexibility index (Phi) is 3.99. The van der Waals surface area contributed by atoms with Gasteiger partial charge in [-0.15, -0.1) is 11.3 Å². The van der Waals surface area contributed by atoms with Crippen LogP contribution in [0.5, 0.6) is 5.75 Å². The average Bonchev–Trinajstić information content (AvgIpc) is 2.69. The predicted octanol–water partition coefficient (Wildman–Crippen LogP) is 3.01. The molecule has 1 aromatic heterocycles. The molecule has 0 spiro atoms. The third kappa shape index (κ3) is 2.89. The summed E-state index contributed by atoms with van der Waals surface area (Å²) in [7, 11) is 1.68. The molecule has 0 aliphatic rings. The van der Waals surface area contributed by atoms with Gasteiger partial charge < -0.3 is 10.5 Å². The fraction of sp³-hybridized carbons (Fsp3) is 0.357. The van der Waals surface area contributed by atoms with Gasteiger partial charge in [0.25, 0.3) is 0 Å². The largest absolute Gasteiger partial charge is 0.497 e. The van der Waals surface area contributed by atoms with Crippen LogP contribution >= 0.6 is 11.3 Å². The molecule has 1 atom stereocenters. The van der Waals surface area contributed by atoms with Crippen LogP contribution in [0.4, 0.5) is 0 Å². The van der Waals surface area contributed by atoms with Crippen LogP contribution in [0.1, 0.15) is 27.2 Å². The molecule has 4 heteroatoms. The highest BCUT2D eigenvalue weighted by atomic mass is 32.1. The van der Waals surface area contributed by atoms with Crippen molar-refractivity contribution in [2.45, 2.75) is 26.3 Å². The van der Waals surface area contributed by atoms with Crippen molar-refractivity contribution in [1.82, 2.24) is 4.98 Å². The summed E-state index contributed by atoms with van der Waals surface area (Å²) in [5.41, 5.74) is 8.50. The molecule has 3 nitrogen and oxygen atoms in total. The summed E-state index contributed by atoms with van der Waals surface area (Å²) in [6.07, 6.45) is 0.805. The molecule has 0 amide bonds. The summed E-state index contributed by atoms with van der Waals surface area (Å²) in [6, 6.07) is 8.04. The number of nitrogens with two attached hydrogens (primary N) is 1. The molecule has 0 aliphatic heterocycles. The lowest BCUT2D eigenvalue weighted by Gasteiger charge is -2.11. The predicted molar refractivity (Wildman–Crippen MR) is 75.2 cm³/mol. The number of nitrogens with zero attached hydrogens (tertiary/aromatic N) is 1. The highest BCUT2D eigenvalue weighted by molar-refractivity contribution is 7.11. The van der Waals surface area contributed by atoms with Crippen molar-refractivity contribution < 1.29 is 4.74 Å². The molecule has 0 bridgehead atoms. The highest BCUT2D eigenvalue weighted by Gasteiger charge is 2.14. The van der Waals surface area contributed by atoms with Crippen molar-refractivity contribution in [1.29, 1.82) is 0 Å². The Hall–Kier alpha value is -1.39. The van der Waals surface area contributed by atoms with E-state index in [-0.39, 0.29) is 6.04 Å². The van der Waals surface area contributed by atoms with Gasteiger partial charge in [-0.25, -0.2) is 4.98 Å². The molecular formula is C14H18N2OS. The van der Waals surface area contributed by atoms with Crippen LogP contribution in [0.2, 0.25) is 0 Å². The number of ether oxygens (including phenoxy) is 1. The van der Waals surface area contributed by atoms with Crippen molar-refractivity contribution >= 4 is 11.3 Å². The maximum absolute atomic E-state index is 6.26. The zero-order valence-corrected chi connectivity index (χ0v) is 11.8. The van der Waals surface area contributed by atoms with Gasteiger partial charge in [-0.1, -0.05) is 12.1 Å². The van der Waals surface area contributed by atoms with Crippen molar-refractivity contribution in [3.8, 4) is 5.75 Å². The number of hydrogen-bond acceptors (Lipinski definition) is 4. The number of benzene rings is 1. The van der Waals surface area contributed by atoms with Gasteiger partial charge in [-0.2, -0.15) is 0 Å². The van der Waals surface area contributed by atoms with Crippen LogP contribution in [0.25, 0.3) is 0 Å². The molecule has 0 saturated carbocycles. The quantitative estimate of drug-likeness (QED) is 0.921. The lowest BCUT2D eigenvalue weighted by Crippen LogP contribution is -2.13. The number of aromatic nitrogens is 1. The second kappa shape index (κ2) is 5.50. The number of thiazole rings is 1. The van der Waals surface area contributed by atoms with Crippen molar-refractivity contribution in [3.05, 3.63) is 45.4 Å². The molecule has 0 radical (unpaired) electrons. The first-order chi connectivity index (χ1) is 8.60. The van der Waals surface area contributed by atoms with Gasteiger partial charge in [0.05, 0.1) is 17.8 Å². The van der Waals surface area contributed by atoms with Crippen LogP contribution in [-0.2, 0) is 6.42 Å². The third-order valence-electron chi connectivity index (χ3n) is 2.87. The minimum Gasteiger partial charge on any atom is -0.497 e. The van der Waals surface area contributed by atoms with E-state index in [1.54, 1.807) is 18.4 Å². The van der Waals surface area contributed by atoms with Crippen molar-refractivity contribution in [2.75, 3.05) is 7.11 Å². The summed E-state index contributed by atoms with van der Waals surface area (Å²) in [5, 5.41) is 1.07. The van der Waals surface area contributed by atoms with E-state index in [9.17, 15) is 0 Å². The molecular weight excluding hydrogens is 244 g/mol. The van der Waals surface area contributed by atoms with Crippen LogP contribution in [0, 0.1) is 13.8 Å². The van der Waals surface area contributed by atoms with Crippen molar-refractivity contribution in [2.24, 2.45) is 5.73 Å². The zero-order chi connectivity index (χ0) is 13.1. The molecule has 1 aromatic carbocycles. The minimum atomic E-state index is 0.00306. The molecule has 1 heterocycles. The molecule has 18 heavy (non-hydrogen) atoms. The smallest absolute Gasteiger partial charge is 0.119 e. The van der Waals surface area contributed by atoms with Crippen LogP contribution in [-0.4, -0.2) is 12.1 Å². The molecule has 0 aliphatic carbocycles. The molecule has 96 valence electrons. The van der Waals surface area contributed by atoms with Gasteiger partial charge in [0.1, 0.15) is 5.75 Å². The number of methoxy groups -OCH3 is 1. The standard InChI is InChI=1S/C14H18N2OS/c1-9-14(18-10(2)16-9)13(15)8-11-5-4-6-12(7-11)17-3/h4-7,13H,8,15H2,1-3H3. The van der Waals surface area contributed by atoms with E-state index >= 15 is 0 Å². The maximum Gasteiger partial charge on any atom is 0.119 e. The first kappa shape index (κ1) is 13.1. The minimum absolute atomic E-state index is 0.00306. The second-order valence-corrected chi connectivity index (χ2v) is 5.58. The zero-order valence-electron chi connectivity index (χ0n) is 10.9. The van der Waals surface area contributed by atoms with Gasteiger partial charge in [0, 0.05) is 10.9 Å². The van der Waals surface area contributed by atoms with Crippen LogP contribution in [0.15, 0.2) is 24.3 Å². The molecule has 1 unspecified atom stereocenters. The lowest BCUT2D eigenvalue weighted by atomic mass is 10.0. The van der Waals surface area contributed by atoms with Crippen molar-refractivity contribution in [3.63, 3.8) is 0 Å². The summed E-state index contributed by atoms with van der Waals surface area (Å²) < 4.78 is 5.22. The summed E-state index contributed by atoms with van der Waals surface area (Å²) in [6.45, 7) is 4.03. The van der Waals surface area contributed by atoms with Crippen LogP contribution < -0.4 is 10.5 Å². The summed E-state index contributed by atoms with van der Waals surface area (Å²) >= 11 is 1.68. The molecule has 0 saturated heterocycles. The van der Waals surface area contributed by atoms with Gasteiger partial charge in [-0.3, -0.25) is 0 Å². The van der Waals surface area contributed by atoms with E-state index in [1.165, 1.54) is 10.4 Å². The Morgan fingerprint density at radius 1 is 1.39 bits per heavy atom. The molecule has 2 aromatic rings. The SMILES string of the molecule is COc1cccc(CC(N)c2sc(C)nc2C)c1. The highest BCUT2D eigenvalue weighted by Crippen LogP contribution is 2.26. The van der Waals surface area contributed by atoms with E-state index in [2.05, 4.69) is 11.1 Å². The number of aryl methyl sites for hydroxylation is 2. The monoisotopic (exact) mass is 262 g/mol.